The first kappa shape index (κ1) is 21.1. The van der Waals surface area contributed by atoms with Crippen molar-refractivity contribution in [2.75, 3.05) is 18.4 Å². The molecular formula is C23H27FN4O3. The molecule has 4 rings (SSSR count). The molecule has 1 N–H and O–H groups in total. The summed E-state index contributed by atoms with van der Waals surface area (Å²) in [5.41, 5.74) is 2.50. The van der Waals surface area contributed by atoms with Crippen LogP contribution in [0.25, 0.3) is 11.1 Å². The van der Waals surface area contributed by atoms with Crippen molar-refractivity contribution in [2.24, 2.45) is 0 Å². The molecule has 2 bridgehead atoms. The lowest BCUT2D eigenvalue weighted by atomic mass is 10.0. The largest absolute Gasteiger partial charge is 0.444 e. The molecule has 2 aromatic rings. The second-order valence-electron chi connectivity index (χ2n) is 9.18. The second-order valence-corrected chi connectivity index (χ2v) is 9.18. The van der Waals surface area contributed by atoms with Crippen molar-refractivity contribution >= 4 is 17.8 Å². The number of fused-ring (bicyclic) bond motifs is 2. The van der Waals surface area contributed by atoms with Gasteiger partial charge in [-0.1, -0.05) is 6.07 Å². The summed E-state index contributed by atoms with van der Waals surface area (Å²) in [6.45, 7) is 8.40. The predicted octanol–water partition coefficient (Wildman–Crippen LogP) is 4.42. The van der Waals surface area contributed by atoms with Crippen LogP contribution in [-0.4, -0.2) is 57.7 Å². The van der Waals surface area contributed by atoms with Crippen LogP contribution in [0.5, 0.6) is 0 Å². The Morgan fingerprint density at radius 2 is 1.84 bits per heavy atom. The number of pyridine rings is 1. The van der Waals surface area contributed by atoms with Gasteiger partial charge in [-0.25, -0.2) is 14.0 Å². The number of nitrogens with zero attached hydrogens (tertiary/aromatic N) is 3. The fourth-order valence-electron chi connectivity index (χ4n) is 4.23. The van der Waals surface area contributed by atoms with Gasteiger partial charge in [0.15, 0.2) is 0 Å². The highest BCUT2D eigenvalue weighted by atomic mass is 19.1. The molecule has 2 aliphatic heterocycles. The summed E-state index contributed by atoms with van der Waals surface area (Å²) in [5.74, 6) is -0.408. The van der Waals surface area contributed by atoms with Crippen LogP contribution < -0.4 is 5.32 Å². The van der Waals surface area contributed by atoms with Gasteiger partial charge in [0.05, 0.1) is 18.3 Å². The Bertz CT molecular complexity index is 1020. The zero-order valence-corrected chi connectivity index (χ0v) is 18.2. The van der Waals surface area contributed by atoms with Gasteiger partial charge in [0.2, 0.25) is 0 Å². The number of hydrogen-bond acceptors (Lipinski definition) is 4. The van der Waals surface area contributed by atoms with E-state index in [2.05, 4.69) is 10.3 Å². The molecule has 0 unspecified atom stereocenters. The third-order valence-corrected chi connectivity index (χ3v) is 5.63. The number of hydrogen-bond donors (Lipinski definition) is 1. The van der Waals surface area contributed by atoms with E-state index < -0.39 is 11.4 Å². The minimum Gasteiger partial charge on any atom is -0.444 e. The molecular weight excluding hydrogens is 399 g/mol. The zero-order valence-electron chi connectivity index (χ0n) is 18.2. The van der Waals surface area contributed by atoms with Crippen LogP contribution in [0.4, 0.5) is 19.7 Å². The molecule has 2 atom stereocenters. The van der Waals surface area contributed by atoms with E-state index in [-0.39, 0.29) is 24.2 Å². The number of benzene rings is 1. The lowest BCUT2D eigenvalue weighted by Gasteiger charge is -2.35. The molecule has 0 radical (unpaired) electrons. The quantitative estimate of drug-likeness (QED) is 0.771. The monoisotopic (exact) mass is 426 g/mol. The molecule has 8 heteroatoms. The number of carbonyl (C=O) groups excluding carboxylic acids is 2. The summed E-state index contributed by atoms with van der Waals surface area (Å²) in [4.78, 5) is 32.7. The number of anilines is 1. The van der Waals surface area contributed by atoms with Crippen LogP contribution in [0.2, 0.25) is 0 Å². The highest BCUT2D eigenvalue weighted by Crippen LogP contribution is 2.33. The first-order valence-electron chi connectivity index (χ1n) is 10.4. The Labute approximate surface area is 181 Å². The molecule has 0 spiro atoms. The van der Waals surface area contributed by atoms with Gasteiger partial charge in [-0.2, -0.15) is 0 Å². The van der Waals surface area contributed by atoms with Crippen LogP contribution >= 0.6 is 0 Å². The van der Waals surface area contributed by atoms with E-state index in [1.54, 1.807) is 16.0 Å². The van der Waals surface area contributed by atoms with E-state index in [1.807, 2.05) is 45.9 Å². The average molecular weight is 426 g/mol. The molecule has 164 valence electrons. The maximum atomic E-state index is 13.6. The summed E-state index contributed by atoms with van der Waals surface area (Å²) in [7, 11) is 0. The van der Waals surface area contributed by atoms with E-state index in [9.17, 15) is 14.0 Å². The highest BCUT2D eigenvalue weighted by molar-refractivity contribution is 5.91. The number of nitrogens with one attached hydrogen (secondary N) is 1. The average Bonchev–Trinajstić information content (AvgIpc) is 3.29. The van der Waals surface area contributed by atoms with Crippen LogP contribution in [0, 0.1) is 12.7 Å². The fourth-order valence-corrected chi connectivity index (χ4v) is 4.23. The lowest BCUT2D eigenvalue weighted by molar-refractivity contribution is 0.0156. The first-order valence-corrected chi connectivity index (χ1v) is 10.4. The molecule has 31 heavy (non-hydrogen) atoms. The number of rotatable bonds is 2. The molecule has 7 nitrogen and oxygen atoms in total. The third kappa shape index (κ3) is 4.47. The van der Waals surface area contributed by atoms with Gasteiger partial charge < -0.3 is 19.9 Å². The van der Waals surface area contributed by atoms with Crippen molar-refractivity contribution in [3.8, 4) is 11.1 Å². The molecule has 3 amide bonds. The third-order valence-electron chi connectivity index (χ3n) is 5.63. The lowest BCUT2D eigenvalue weighted by Crippen LogP contribution is -2.52. The molecule has 1 aromatic heterocycles. The summed E-state index contributed by atoms with van der Waals surface area (Å²) in [6.07, 6.45) is 3.18. The molecule has 2 aliphatic rings. The standard InChI is InChI=1S/C23H27FN4O3/c1-14-5-6-17(8-20(14)15-7-16(24)11-25-10-15)26-21(29)27-12-19-9-18(27)13-28(19)22(30)31-23(2,3)4/h5-8,10-11,18-19H,9,12-13H2,1-4H3,(H,26,29)/t18-,19-/m0/s1. The first-order chi connectivity index (χ1) is 14.6. The number of carbonyl (C=O) groups is 2. The molecule has 1 aromatic carbocycles. The molecule has 0 saturated carbocycles. The number of aromatic nitrogens is 1. The van der Waals surface area contributed by atoms with Gasteiger partial charge in [0.1, 0.15) is 11.4 Å². The predicted molar refractivity (Wildman–Crippen MR) is 115 cm³/mol. The Balaban J connectivity index is 1.43. The number of urea groups is 1. The summed E-state index contributed by atoms with van der Waals surface area (Å²) in [6, 6.07) is 6.69. The molecule has 0 aliphatic carbocycles. The summed E-state index contributed by atoms with van der Waals surface area (Å²) < 4.78 is 19.1. The van der Waals surface area contributed by atoms with Crippen molar-refractivity contribution in [3.05, 3.63) is 48.0 Å². The van der Waals surface area contributed by atoms with Gasteiger partial charge in [0.25, 0.3) is 0 Å². The number of amides is 3. The van der Waals surface area contributed by atoms with Gasteiger partial charge >= 0.3 is 12.1 Å². The van der Waals surface area contributed by atoms with Crippen LogP contribution in [-0.2, 0) is 4.74 Å². The SMILES string of the molecule is Cc1ccc(NC(=O)N2C[C@@H]3C[C@H]2CN3C(=O)OC(C)(C)C)cc1-c1cncc(F)c1. The molecule has 2 saturated heterocycles. The number of halogens is 1. The van der Waals surface area contributed by atoms with Crippen LogP contribution in [0.1, 0.15) is 32.8 Å². The Hall–Kier alpha value is -3.16. The smallest absolute Gasteiger partial charge is 0.410 e. The number of aryl methyl sites for hydroxylation is 1. The highest BCUT2D eigenvalue weighted by Gasteiger charge is 2.48. The topological polar surface area (TPSA) is 74.8 Å². The van der Waals surface area contributed by atoms with Gasteiger partial charge in [-0.3, -0.25) is 4.98 Å². The van der Waals surface area contributed by atoms with Crippen LogP contribution in [0.3, 0.4) is 0 Å². The summed E-state index contributed by atoms with van der Waals surface area (Å²) >= 11 is 0. The van der Waals surface area contributed by atoms with E-state index in [1.165, 1.54) is 6.07 Å². The van der Waals surface area contributed by atoms with Crippen molar-refractivity contribution < 1.29 is 18.7 Å². The van der Waals surface area contributed by atoms with Crippen molar-refractivity contribution in [2.45, 2.75) is 51.8 Å². The maximum absolute atomic E-state index is 13.6. The molecule has 3 heterocycles. The minimum atomic E-state index is -0.545. The number of likely N-dealkylation sites (tertiary alicyclic amines) is 2. The normalized spacial score (nSPS) is 20.2. The number of piperazine rings is 1. The minimum absolute atomic E-state index is 0.0300. The Morgan fingerprint density at radius 3 is 2.48 bits per heavy atom. The van der Waals surface area contributed by atoms with E-state index in [0.717, 1.165) is 23.7 Å². The van der Waals surface area contributed by atoms with Gasteiger partial charge in [-0.15, -0.1) is 0 Å². The van der Waals surface area contributed by atoms with Crippen molar-refractivity contribution in [1.82, 2.24) is 14.8 Å². The van der Waals surface area contributed by atoms with Crippen molar-refractivity contribution in [1.29, 1.82) is 0 Å². The molecule has 2 fully saturated rings. The summed E-state index contributed by atoms with van der Waals surface area (Å²) in [5, 5.41) is 2.94. The van der Waals surface area contributed by atoms with Crippen molar-refractivity contribution in [3.63, 3.8) is 0 Å². The van der Waals surface area contributed by atoms with E-state index in [0.29, 0.717) is 24.3 Å². The maximum Gasteiger partial charge on any atom is 0.410 e. The van der Waals surface area contributed by atoms with E-state index in [4.69, 9.17) is 4.74 Å². The second kappa shape index (κ2) is 7.83. The van der Waals surface area contributed by atoms with Gasteiger partial charge in [-0.05, 0) is 63.4 Å². The van der Waals surface area contributed by atoms with Crippen LogP contribution in [0.15, 0.2) is 36.7 Å². The zero-order chi connectivity index (χ0) is 22.3. The Morgan fingerprint density at radius 1 is 1.13 bits per heavy atom. The number of ether oxygens (including phenoxy) is 1. The fraction of sp³-hybridized carbons (Fsp3) is 0.435. The van der Waals surface area contributed by atoms with Gasteiger partial charge in [0, 0.05) is 30.5 Å². The van der Waals surface area contributed by atoms with E-state index >= 15 is 0 Å². The Kier molecular flexibility index (Phi) is 5.33.